The fourth-order valence-corrected chi connectivity index (χ4v) is 12.6. The van der Waals surface area contributed by atoms with Crippen molar-refractivity contribution in [2.75, 3.05) is 0 Å². The monoisotopic (exact) mass is 1130 g/mol. The predicted octanol–water partition coefficient (Wildman–Crippen LogP) is 25.2. The van der Waals surface area contributed by atoms with Gasteiger partial charge < -0.3 is 0 Å². The standard InChI is InChI=1S/C34H36.C19H16S.C13H10S.2C7H8.C2H6/c1-8-9-10-11-25(5)34-26(6)13-15-29-19-27(7)32(21-33(29)34)31-20-28(14-12-24(31)4)30-17-22(2)16-23(3)18-30;1-2-3-4-5-6-9-15-12-13-19-17(14-15)16-10-7-8-11-18(16)20-19;1-9-6-7-13-11(8-9)10-4-2-3-5-12(10)14-13;2*1-7-5-3-2-4-6-7;1-2/h8-12,14,16-21H,5,13,15H2,1-4,6-7H3;2-14H,1H3;2-8H,1H3;2*2-6H,1H3;1-2H3/b9-8-,11-10-;3-2+,5-4-,9-6-;;;;. The zero-order valence-corrected chi connectivity index (χ0v) is 53.3. The molecular formula is C82H84S2. The van der Waals surface area contributed by atoms with E-state index in [4.69, 9.17) is 0 Å². The molecule has 0 spiro atoms. The molecule has 0 N–H and O–H groups in total. The van der Waals surface area contributed by atoms with E-state index in [1.54, 1.807) is 0 Å². The predicted molar refractivity (Wildman–Crippen MR) is 380 cm³/mol. The Morgan fingerprint density at radius 3 is 1.49 bits per heavy atom. The van der Waals surface area contributed by atoms with Crippen LogP contribution in [0.2, 0.25) is 0 Å². The second-order valence-electron chi connectivity index (χ2n) is 21.3. The van der Waals surface area contributed by atoms with Crippen LogP contribution in [0.3, 0.4) is 0 Å². The smallest absolute Gasteiger partial charge is 0.0355 e. The summed E-state index contributed by atoms with van der Waals surface area (Å²) in [4.78, 5) is 0. The minimum absolute atomic E-state index is 1.09. The largest absolute Gasteiger partial charge is 0.135 e. The summed E-state index contributed by atoms with van der Waals surface area (Å²) in [6, 6.07) is 69.6. The first-order valence-electron chi connectivity index (χ1n) is 29.6. The summed E-state index contributed by atoms with van der Waals surface area (Å²) in [5, 5.41) is 5.49. The molecule has 0 atom stereocenters. The van der Waals surface area contributed by atoms with E-state index in [-0.39, 0.29) is 0 Å². The SMILES string of the molecule is C/C=C/C=C\C=C/c1ccc2sc3ccccc3c2c1.C=C(/C=C\C=C/C)C1=C(C)CCc2cc(C)c(-c3cc(-c4cc(C)cc(C)c4)ccc3C)cc21.CC.Cc1ccc2sc3ccccc3c2c1.Cc1ccccc1.Cc1ccccc1. The molecule has 424 valence electrons. The van der Waals surface area contributed by atoms with Gasteiger partial charge in [0.15, 0.2) is 0 Å². The van der Waals surface area contributed by atoms with E-state index >= 15 is 0 Å². The van der Waals surface area contributed by atoms with Crippen molar-refractivity contribution in [1.29, 1.82) is 0 Å². The Morgan fingerprint density at radius 2 is 0.905 bits per heavy atom. The van der Waals surface area contributed by atoms with E-state index < -0.39 is 0 Å². The average Bonchev–Trinajstić information content (AvgIpc) is 2.83. The molecule has 0 radical (unpaired) electrons. The van der Waals surface area contributed by atoms with Crippen LogP contribution in [0.5, 0.6) is 0 Å². The summed E-state index contributed by atoms with van der Waals surface area (Å²) in [5.74, 6) is 0. The molecule has 0 amide bonds. The van der Waals surface area contributed by atoms with Gasteiger partial charge in [0.25, 0.3) is 0 Å². The third-order valence-electron chi connectivity index (χ3n) is 14.5. The Balaban J connectivity index is 0.000000169. The number of aryl methyl sites for hydroxylation is 8. The van der Waals surface area contributed by atoms with Crippen LogP contribution in [-0.2, 0) is 6.42 Å². The summed E-state index contributed by atoms with van der Waals surface area (Å²) in [5.41, 5.74) is 22.3. The fraction of sp³-hybridized carbons (Fsp3) is 0.171. The van der Waals surface area contributed by atoms with Gasteiger partial charge in [-0.2, -0.15) is 0 Å². The van der Waals surface area contributed by atoms with Crippen molar-refractivity contribution in [3.8, 4) is 22.3 Å². The molecule has 1 aliphatic rings. The van der Waals surface area contributed by atoms with Gasteiger partial charge in [-0.15, -0.1) is 22.7 Å². The molecule has 11 aromatic rings. The minimum atomic E-state index is 1.09. The maximum Gasteiger partial charge on any atom is 0.0355 e. The van der Waals surface area contributed by atoms with Gasteiger partial charge in [-0.3, -0.25) is 0 Å². The van der Waals surface area contributed by atoms with E-state index in [2.05, 4.69) is 256 Å². The third kappa shape index (κ3) is 17.3. The first-order chi connectivity index (χ1) is 40.8. The van der Waals surface area contributed by atoms with Crippen LogP contribution in [0.25, 0.3) is 74.2 Å². The Morgan fingerprint density at radius 1 is 0.381 bits per heavy atom. The molecule has 84 heavy (non-hydrogen) atoms. The number of hydrogen-bond acceptors (Lipinski definition) is 2. The molecule has 0 saturated heterocycles. The highest BCUT2D eigenvalue weighted by molar-refractivity contribution is 7.26. The number of benzene rings is 9. The van der Waals surface area contributed by atoms with Crippen molar-refractivity contribution in [2.24, 2.45) is 0 Å². The summed E-state index contributed by atoms with van der Waals surface area (Å²) in [7, 11) is 0. The topological polar surface area (TPSA) is 0 Å². The molecule has 0 fully saturated rings. The van der Waals surface area contributed by atoms with Crippen LogP contribution in [0, 0.1) is 48.5 Å². The van der Waals surface area contributed by atoms with Crippen molar-refractivity contribution < 1.29 is 0 Å². The lowest BCUT2D eigenvalue weighted by atomic mass is 9.79. The van der Waals surface area contributed by atoms with Crippen LogP contribution in [0.15, 0.2) is 267 Å². The summed E-state index contributed by atoms with van der Waals surface area (Å²) >= 11 is 3.73. The van der Waals surface area contributed by atoms with Gasteiger partial charge in [0.2, 0.25) is 0 Å². The molecule has 0 unspecified atom stereocenters. The Labute approximate surface area is 511 Å². The lowest BCUT2D eigenvalue weighted by Gasteiger charge is -2.25. The van der Waals surface area contributed by atoms with Gasteiger partial charge in [0.05, 0.1) is 0 Å². The lowest BCUT2D eigenvalue weighted by molar-refractivity contribution is 0.917. The van der Waals surface area contributed by atoms with E-state index in [9.17, 15) is 0 Å². The van der Waals surface area contributed by atoms with Gasteiger partial charge in [0.1, 0.15) is 0 Å². The number of hydrogen-bond donors (Lipinski definition) is 0. The molecule has 9 aromatic carbocycles. The molecule has 12 rings (SSSR count). The molecule has 2 heterocycles. The van der Waals surface area contributed by atoms with Crippen molar-refractivity contribution in [3.63, 3.8) is 0 Å². The highest BCUT2D eigenvalue weighted by atomic mass is 32.1. The van der Waals surface area contributed by atoms with E-state index in [0.29, 0.717) is 0 Å². The highest BCUT2D eigenvalue weighted by Crippen LogP contribution is 2.41. The van der Waals surface area contributed by atoms with Crippen molar-refractivity contribution >= 4 is 74.7 Å². The van der Waals surface area contributed by atoms with E-state index in [0.717, 1.165) is 18.4 Å². The summed E-state index contributed by atoms with van der Waals surface area (Å²) < 4.78 is 5.48. The number of rotatable bonds is 8. The van der Waals surface area contributed by atoms with Gasteiger partial charge in [-0.05, 0) is 192 Å². The maximum absolute atomic E-state index is 4.43. The Kier molecular flexibility index (Phi) is 24.0. The summed E-state index contributed by atoms with van der Waals surface area (Å²) in [6.07, 6.45) is 22.9. The number of fused-ring (bicyclic) bond motifs is 7. The zero-order valence-electron chi connectivity index (χ0n) is 51.7. The second-order valence-corrected chi connectivity index (χ2v) is 23.5. The first kappa shape index (κ1) is 63.2. The van der Waals surface area contributed by atoms with Crippen molar-refractivity contribution in [1.82, 2.24) is 0 Å². The second kappa shape index (κ2) is 31.9. The van der Waals surface area contributed by atoms with Crippen molar-refractivity contribution in [3.05, 3.63) is 322 Å². The number of thiophene rings is 2. The van der Waals surface area contributed by atoms with Gasteiger partial charge >= 0.3 is 0 Å². The molecule has 2 heteroatoms. The molecule has 2 aromatic heterocycles. The Bertz CT molecular complexity index is 4080. The number of allylic oxidation sites excluding steroid dienone is 12. The van der Waals surface area contributed by atoms with E-state index in [1.807, 2.05) is 111 Å². The van der Waals surface area contributed by atoms with Gasteiger partial charge in [0, 0.05) is 40.3 Å². The highest BCUT2D eigenvalue weighted by Gasteiger charge is 2.21. The molecule has 1 aliphatic carbocycles. The Hall–Kier alpha value is -8.40. The molecule has 0 saturated carbocycles. The van der Waals surface area contributed by atoms with E-state index in [1.165, 1.54) is 129 Å². The first-order valence-corrected chi connectivity index (χ1v) is 31.2. The normalized spacial score (nSPS) is 12.0. The van der Waals surface area contributed by atoms with Crippen LogP contribution in [0.1, 0.15) is 96.7 Å². The molecule has 0 nitrogen and oxygen atoms in total. The lowest BCUT2D eigenvalue weighted by Crippen LogP contribution is -2.06. The van der Waals surface area contributed by atoms with Crippen molar-refractivity contribution in [2.45, 2.75) is 95.9 Å². The van der Waals surface area contributed by atoms with Crippen LogP contribution in [-0.4, -0.2) is 0 Å². The fourth-order valence-electron chi connectivity index (χ4n) is 10.4. The quantitative estimate of drug-likeness (QED) is 0.133. The molecular weight excluding hydrogens is 1050 g/mol. The van der Waals surface area contributed by atoms with Crippen LogP contribution >= 0.6 is 22.7 Å². The average molecular weight is 1130 g/mol. The van der Waals surface area contributed by atoms with Gasteiger partial charge in [-0.25, -0.2) is 0 Å². The minimum Gasteiger partial charge on any atom is -0.135 e. The molecule has 0 aliphatic heterocycles. The summed E-state index contributed by atoms with van der Waals surface area (Å²) in [6.45, 7) is 29.9. The third-order valence-corrected chi connectivity index (χ3v) is 16.9. The zero-order chi connectivity index (χ0) is 60.0. The van der Waals surface area contributed by atoms with Crippen LogP contribution in [0.4, 0.5) is 0 Å². The van der Waals surface area contributed by atoms with Crippen LogP contribution < -0.4 is 0 Å². The molecule has 0 bridgehead atoms. The van der Waals surface area contributed by atoms with Gasteiger partial charge in [-0.1, -0.05) is 260 Å². The maximum atomic E-state index is 4.43.